The molecular weight excluding hydrogens is 340 g/mol. The van der Waals surface area contributed by atoms with Gasteiger partial charge in [-0.05, 0) is 38.0 Å². The first-order chi connectivity index (χ1) is 13.2. The number of benzene rings is 1. The smallest absolute Gasteiger partial charge is 0.229 e. The van der Waals surface area contributed by atoms with Gasteiger partial charge in [0.15, 0.2) is 5.82 Å². The minimum Gasteiger partial charge on any atom is -0.345 e. The van der Waals surface area contributed by atoms with E-state index in [4.69, 9.17) is 0 Å². The molecule has 136 valence electrons. The van der Waals surface area contributed by atoms with Gasteiger partial charge in [0.25, 0.3) is 0 Å². The average molecular weight is 360 g/mol. The second-order valence-electron chi connectivity index (χ2n) is 6.95. The number of hydrogen-bond donors (Lipinski definition) is 4. The monoisotopic (exact) mass is 360 g/mol. The Labute approximate surface area is 155 Å². The van der Waals surface area contributed by atoms with Crippen molar-refractivity contribution in [3.63, 3.8) is 0 Å². The zero-order valence-corrected chi connectivity index (χ0v) is 15.0. The zero-order valence-electron chi connectivity index (χ0n) is 15.0. The minimum atomic E-state index is 0.525. The van der Waals surface area contributed by atoms with Crippen molar-refractivity contribution in [3.05, 3.63) is 48.0 Å². The lowest BCUT2D eigenvalue weighted by atomic mass is 9.83. The standard InChI is InChI=1S/C19H20N8/c1-11-9-20-19(23-13-5-6-14-16(7-13)22-10-21-14)25-18(11)24-17-8-15(26-27-17)12-3-2-4-12/h5-10,12H,2-4H2,1H3,(H,21,22)(H3,20,23,24,25,26,27). The van der Waals surface area contributed by atoms with Gasteiger partial charge in [0.1, 0.15) is 5.82 Å². The minimum absolute atomic E-state index is 0.525. The van der Waals surface area contributed by atoms with Crippen LogP contribution in [0.25, 0.3) is 11.0 Å². The Morgan fingerprint density at radius 3 is 2.89 bits per heavy atom. The van der Waals surface area contributed by atoms with Crippen molar-refractivity contribution in [3.8, 4) is 0 Å². The van der Waals surface area contributed by atoms with Crippen molar-refractivity contribution in [2.75, 3.05) is 10.6 Å². The number of nitrogens with one attached hydrogen (secondary N) is 4. The lowest BCUT2D eigenvalue weighted by molar-refractivity contribution is 0.410. The second-order valence-corrected chi connectivity index (χ2v) is 6.95. The maximum atomic E-state index is 4.61. The van der Waals surface area contributed by atoms with E-state index < -0.39 is 0 Å². The van der Waals surface area contributed by atoms with Crippen LogP contribution in [0.2, 0.25) is 0 Å². The van der Waals surface area contributed by atoms with Crippen molar-refractivity contribution in [2.24, 2.45) is 0 Å². The molecule has 0 bridgehead atoms. The van der Waals surface area contributed by atoms with E-state index in [0.717, 1.165) is 33.9 Å². The summed E-state index contributed by atoms with van der Waals surface area (Å²) >= 11 is 0. The number of aromatic nitrogens is 6. The fraction of sp³-hybridized carbons (Fsp3) is 0.263. The van der Waals surface area contributed by atoms with Crippen LogP contribution in [0.5, 0.6) is 0 Å². The van der Waals surface area contributed by atoms with Crippen molar-refractivity contribution in [1.82, 2.24) is 30.1 Å². The third-order valence-corrected chi connectivity index (χ3v) is 5.04. The molecule has 0 spiro atoms. The lowest BCUT2D eigenvalue weighted by Gasteiger charge is -2.23. The molecule has 1 fully saturated rings. The first kappa shape index (κ1) is 15.8. The van der Waals surface area contributed by atoms with E-state index in [1.54, 1.807) is 12.5 Å². The molecule has 0 aliphatic heterocycles. The summed E-state index contributed by atoms with van der Waals surface area (Å²) in [5.41, 5.74) is 4.94. The Balaban J connectivity index is 1.36. The number of hydrogen-bond acceptors (Lipinski definition) is 6. The van der Waals surface area contributed by atoms with Crippen LogP contribution >= 0.6 is 0 Å². The summed E-state index contributed by atoms with van der Waals surface area (Å²) in [7, 11) is 0. The normalized spacial score (nSPS) is 14.3. The van der Waals surface area contributed by atoms with Gasteiger partial charge in [0.2, 0.25) is 5.95 Å². The fourth-order valence-electron chi connectivity index (χ4n) is 3.22. The summed E-state index contributed by atoms with van der Waals surface area (Å²) in [6.45, 7) is 1.97. The summed E-state index contributed by atoms with van der Waals surface area (Å²) < 4.78 is 0. The highest BCUT2D eigenvalue weighted by atomic mass is 15.2. The van der Waals surface area contributed by atoms with Gasteiger partial charge in [-0.1, -0.05) is 6.42 Å². The molecule has 0 saturated heterocycles. The van der Waals surface area contributed by atoms with E-state index in [-0.39, 0.29) is 0 Å². The van der Waals surface area contributed by atoms with Crippen LogP contribution in [0.1, 0.15) is 36.4 Å². The zero-order chi connectivity index (χ0) is 18.2. The molecule has 1 aliphatic rings. The summed E-state index contributed by atoms with van der Waals surface area (Å²) in [5, 5.41) is 14.0. The molecule has 8 nitrogen and oxygen atoms in total. The number of fused-ring (bicyclic) bond motifs is 1. The van der Waals surface area contributed by atoms with E-state index in [9.17, 15) is 0 Å². The highest BCUT2D eigenvalue weighted by Crippen LogP contribution is 2.36. The first-order valence-electron chi connectivity index (χ1n) is 9.11. The Morgan fingerprint density at radius 1 is 1.11 bits per heavy atom. The third kappa shape index (κ3) is 3.10. The Morgan fingerprint density at radius 2 is 2.04 bits per heavy atom. The van der Waals surface area contributed by atoms with Crippen LogP contribution in [0.3, 0.4) is 0 Å². The first-order valence-corrected chi connectivity index (χ1v) is 9.11. The highest BCUT2D eigenvalue weighted by Gasteiger charge is 2.21. The number of aromatic amines is 2. The summed E-state index contributed by atoms with van der Waals surface area (Å²) in [5.74, 6) is 2.66. The molecule has 5 rings (SSSR count). The molecule has 0 radical (unpaired) electrons. The topological polar surface area (TPSA) is 107 Å². The molecule has 1 aliphatic carbocycles. The predicted octanol–water partition coefficient (Wildman–Crippen LogP) is 4.14. The van der Waals surface area contributed by atoms with Crippen LogP contribution in [-0.4, -0.2) is 30.1 Å². The number of H-pyrrole nitrogens is 2. The van der Waals surface area contributed by atoms with E-state index in [0.29, 0.717) is 11.9 Å². The summed E-state index contributed by atoms with van der Waals surface area (Å²) in [6.07, 6.45) is 7.26. The van der Waals surface area contributed by atoms with Crippen molar-refractivity contribution >= 4 is 34.3 Å². The molecule has 0 unspecified atom stereocenters. The second kappa shape index (κ2) is 6.39. The van der Waals surface area contributed by atoms with Gasteiger partial charge in [-0.25, -0.2) is 9.97 Å². The number of rotatable bonds is 5. The largest absolute Gasteiger partial charge is 0.345 e. The van der Waals surface area contributed by atoms with Gasteiger partial charge in [0.05, 0.1) is 17.4 Å². The van der Waals surface area contributed by atoms with Gasteiger partial charge in [0, 0.05) is 35.1 Å². The Bertz CT molecular complexity index is 1090. The molecule has 8 heteroatoms. The molecular formula is C19H20N8. The molecule has 0 amide bonds. The van der Waals surface area contributed by atoms with E-state index >= 15 is 0 Å². The molecule has 27 heavy (non-hydrogen) atoms. The lowest BCUT2D eigenvalue weighted by Crippen LogP contribution is -2.08. The summed E-state index contributed by atoms with van der Waals surface area (Å²) in [4.78, 5) is 16.3. The highest BCUT2D eigenvalue weighted by molar-refractivity contribution is 5.79. The fourth-order valence-corrected chi connectivity index (χ4v) is 3.22. The Hall–Kier alpha value is -3.42. The Kier molecular flexibility index (Phi) is 3.74. The van der Waals surface area contributed by atoms with E-state index in [1.165, 1.54) is 25.0 Å². The van der Waals surface area contributed by atoms with Gasteiger partial charge in [-0.3, -0.25) is 5.10 Å². The number of imidazole rings is 1. The molecule has 4 aromatic rings. The predicted molar refractivity (Wildman–Crippen MR) is 105 cm³/mol. The molecule has 0 atom stereocenters. The van der Waals surface area contributed by atoms with Gasteiger partial charge in [-0.2, -0.15) is 10.1 Å². The third-order valence-electron chi connectivity index (χ3n) is 5.04. The van der Waals surface area contributed by atoms with Gasteiger partial charge < -0.3 is 15.6 Å². The van der Waals surface area contributed by atoms with Crippen LogP contribution < -0.4 is 10.6 Å². The van der Waals surface area contributed by atoms with Crippen molar-refractivity contribution in [1.29, 1.82) is 0 Å². The number of nitrogens with zero attached hydrogens (tertiary/aromatic N) is 4. The van der Waals surface area contributed by atoms with Crippen LogP contribution in [0.4, 0.5) is 23.3 Å². The molecule has 3 aromatic heterocycles. The van der Waals surface area contributed by atoms with Crippen LogP contribution in [0.15, 0.2) is 36.8 Å². The van der Waals surface area contributed by atoms with Crippen LogP contribution in [0, 0.1) is 6.92 Å². The van der Waals surface area contributed by atoms with E-state index in [2.05, 4.69) is 46.8 Å². The maximum absolute atomic E-state index is 4.61. The molecule has 4 N–H and O–H groups in total. The quantitative estimate of drug-likeness (QED) is 0.426. The van der Waals surface area contributed by atoms with Crippen molar-refractivity contribution < 1.29 is 0 Å². The maximum Gasteiger partial charge on any atom is 0.229 e. The summed E-state index contributed by atoms with van der Waals surface area (Å²) in [6, 6.07) is 7.97. The van der Waals surface area contributed by atoms with Gasteiger partial charge in [-0.15, -0.1) is 0 Å². The van der Waals surface area contributed by atoms with Crippen molar-refractivity contribution in [2.45, 2.75) is 32.1 Å². The van der Waals surface area contributed by atoms with Gasteiger partial charge >= 0.3 is 0 Å². The molecule has 1 saturated carbocycles. The number of aryl methyl sites for hydroxylation is 1. The average Bonchev–Trinajstić information content (AvgIpc) is 3.25. The van der Waals surface area contributed by atoms with Crippen LogP contribution in [-0.2, 0) is 0 Å². The SMILES string of the molecule is Cc1cnc(Nc2ccc3nc[nH]c3c2)nc1Nc1cc(C2CCC2)[nH]n1. The van der Waals surface area contributed by atoms with E-state index in [1.807, 2.05) is 25.1 Å². The molecule has 1 aromatic carbocycles. The molecule has 3 heterocycles. The number of anilines is 4.